The number of rotatable bonds is 5. The van der Waals surface area contributed by atoms with Gasteiger partial charge in [-0.15, -0.1) is 0 Å². The summed E-state index contributed by atoms with van der Waals surface area (Å²) in [5.74, 6) is -2.62. The maximum atomic E-state index is 13.4. The highest BCUT2D eigenvalue weighted by Gasteiger charge is 2.38. The van der Waals surface area contributed by atoms with Crippen LogP contribution in [0.15, 0.2) is 24.3 Å². The number of carbonyl (C=O) groups excluding carboxylic acids is 1. The fraction of sp³-hybridized carbons (Fsp3) is 0.652. The Kier molecular flexibility index (Phi) is 10.6. The first-order valence-electron chi connectivity index (χ1n) is 11.2. The molecule has 2 heterocycles. The third-order valence-corrected chi connectivity index (χ3v) is 6.05. The first kappa shape index (κ1) is 27.0. The summed E-state index contributed by atoms with van der Waals surface area (Å²) in [5.41, 5.74) is 0.734. The van der Waals surface area contributed by atoms with E-state index in [9.17, 15) is 22.4 Å². The third-order valence-electron chi connectivity index (χ3n) is 6.05. The predicted octanol–water partition coefficient (Wildman–Crippen LogP) is 3.74. The molecule has 2 atom stereocenters. The topological polar surface area (TPSA) is 70.1 Å². The average Bonchev–Trinajstić information content (AvgIpc) is 2.94. The molecule has 10 heteroatoms. The van der Waals surface area contributed by atoms with Crippen LogP contribution in [0.3, 0.4) is 0 Å². The van der Waals surface area contributed by atoms with Crippen LogP contribution < -0.4 is 0 Å². The van der Waals surface area contributed by atoms with Gasteiger partial charge in [-0.3, -0.25) is 4.79 Å². The second-order valence-corrected chi connectivity index (χ2v) is 8.46. The van der Waals surface area contributed by atoms with Crippen molar-refractivity contribution in [3.63, 3.8) is 0 Å². The third kappa shape index (κ3) is 9.29. The molecule has 2 saturated heterocycles. The summed E-state index contributed by atoms with van der Waals surface area (Å²) < 4.78 is 50.9. The molecule has 2 aliphatic heterocycles. The zero-order chi connectivity index (χ0) is 24.4. The number of carbonyl (C=O) groups is 2. The van der Waals surface area contributed by atoms with Crippen molar-refractivity contribution >= 4 is 11.9 Å². The first-order valence-corrected chi connectivity index (χ1v) is 11.2. The van der Waals surface area contributed by atoms with Crippen LogP contribution in [0.5, 0.6) is 0 Å². The summed E-state index contributed by atoms with van der Waals surface area (Å²) in [6.07, 6.45) is 0.178. The Bertz CT molecular complexity index is 769. The molecule has 0 aliphatic carbocycles. The van der Waals surface area contributed by atoms with Gasteiger partial charge in [-0.25, -0.2) is 9.18 Å². The van der Waals surface area contributed by atoms with E-state index >= 15 is 0 Å². The number of piperidine rings is 1. The number of likely N-dealkylation sites (tertiary alicyclic amines) is 1. The van der Waals surface area contributed by atoms with Crippen molar-refractivity contribution in [1.82, 2.24) is 9.80 Å². The number of alkyl halides is 3. The monoisotopic (exact) mass is 476 g/mol. The van der Waals surface area contributed by atoms with Gasteiger partial charge in [-0.05, 0) is 63.5 Å². The van der Waals surface area contributed by atoms with Gasteiger partial charge < -0.3 is 19.6 Å². The van der Waals surface area contributed by atoms with Crippen LogP contribution >= 0.6 is 0 Å². The van der Waals surface area contributed by atoms with Gasteiger partial charge in [0.1, 0.15) is 5.82 Å². The molecular weight excluding hydrogens is 444 g/mol. The SMILES string of the molecule is C[C@H]1[C@H](CCN2CCCCC2)COCCN1C(=O)Cc1cccc(F)c1.O=C(O)C(F)(F)F. The molecule has 0 radical (unpaired) electrons. The maximum absolute atomic E-state index is 13.4. The fourth-order valence-corrected chi connectivity index (χ4v) is 4.13. The molecule has 0 unspecified atom stereocenters. The lowest BCUT2D eigenvalue weighted by molar-refractivity contribution is -0.192. The summed E-state index contributed by atoms with van der Waals surface area (Å²) in [7, 11) is 0. The smallest absolute Gasteiger partial charge is 0.475 e. The molecule has 186 valence electrons. The standard InChI is InChI=1S/C21H31FN2O2.C2HF3O2/c1-17-19(8-11-23-9-3-2-4-10-23)16-26-13-12-24(17)21(25)15-18-6-5-7-20(22)14-18;3-2(4,5)1(6)7/h5-7,14,17,19H,2-4,8-13,15-16H2,1H3;(H,6,7)/t17-,19+;/m0./s1. The second-order valence-electron chi connectivity index (χ2n) is 8.46. The number of nitrogens with zero attached hydrogens (tertiary/aromatic N) is 2. The minimum atomic E-state index is -5.08. The lowest BCUT2D eigenvalue weighted by Gasteiger charge is -2.34. The summed E-state index contributed by atoms with van der Waals surface area (Å²) >= 11 is 0. The van der Waals surface area contributed by atoms with Gasteiger partial charge in [0.2, 0.25) is 5.91 Å². The van der Waals surface area contributed by atoms with Crippen molar-refractivity contribution < 1.29 is 37.0 Å². The molecule has 2 fully saturated rings. The summed E-state index contributed by atoms with van der Waals surface area (Å²) in [6.45, 7) is 7.55. The van der Waals surface area contributed by atoms with Gasteiger partial charge in [0.05, 0.1) is 19.6 Å². The highest BCUT2D eigenvalue weighted by molar-refractivity contribution is 5.79. The van der Waals surface area contributed by atoms with Crippen LogP contribution in [0.1, 0.15) is 38.2 Å². The zero-order valence-electron chi connectivity index (χ0n) is 18.8. The zero-order valence-corrected chi connectivity index (χ0v) is 18.8. The van der Waals surface area contributed by atoms with Crippen LogP contribution in [-0.4, -0.2) is 78.4 Å². The Balaban J connectivity index is 0.000000479. The molecular formula is C23H32F4N2O4. The lowest BCUT2D eigenvalue weighted by atomic mass is 9.95. The van der Waals surface area contributed by atoms with Crippen molar-refractivity contribution in [2.75, 3.05) is 39.4 Å². The predicted molar refractivity (Wildman–Crippen MR) is 114 cm³/mol. The highest BCUT2D eigenvalue weighted by atomic mass is 19.4. The molecule has 33 heavy (non-hydrogen) atoms. The minimum Gasteiger partial charge on any atom is -0.475 e. The molecule has 2 aliphatic rings. The Morgan fingerprint density at radius 3 is 2.42 bits per heavy atom. The van der Waals surface area contributed by atoms with E-state index in [0.717, 1.165) is 25.1 Å². The first-order chi connectivity index (χ1) is 15.6. The number of amides is 1. The highest BCUT2D eigenvalue weighted by Crippen LogP contribution is 2.22. The van der Waals surface area contributed by atoms with Gasteiger partial charge in [0, 0.05) is 18.5 Å². The van der Waals surface area contributed by atoms with Crippen molar-refractivity contribution in [2.24, 2.45) is 5.92 Å². The average molecular weight is 477 g/mol. The van der Waals surface area contributed by atoms with Gasteiger partial charge >= 0.3 is 12.1 Å². The van der Waals surface area contributed by atoms with Crippen molar-refractivity contribution in [2.45, 2.75) is 51.2 Å². The molecule has 1 aromatic rings. The number of carboxylic acids is 1. The van der Waals surface area contributed by atoms with E-state index in [0.29, 0.717) is 19.1 Å². The molecule has 0 saturated carbocycles. The van der Waals surface area contributed by atoms with Crippen LogP contribution in [0.2, 0.25) is 0 Å². The number of halogens is 4. The molecule has 3 rings (SSSR count). The second kappa shape index (κ2) is 12.9. The Hall–Kier alpha value is -2.20. The normalized spacial score (nSPS) is 22.2. The Morgan fingerprint density at radius 2 is 1.82 bits per heavy atom. The summed E-state index contributed by atoms with van der Waals surface area (Å²) in [6, 6.07) is 6.49. The Labute approximate surface area is 191 Å². The fourth-order valence-electron chi connectivity index (χ4n) is 4.13. The van der Waals surface area contributed by atoms with Crippen LogP contribution in [0.4, 0.5) is 17.6 Å². The van der Waals surface area contributed by atoms with Crippen LogP contribution in [0.25, 0.3) is 0 Å². The maximum Gasteiger partial charge on any atom is 0.490 e. The summed E-state index contributed by atoms with van der Waals surface area (Å²) in [4.78, 5) is 26.2. The molecule has 0 spiro atoms. The number of hydrogen-bond acceptors (Lipinski definition) is 4. The van der Waals surface area contributed by atoms with E-state index in [4.69, 9.17) is 14.6 Å². The van der Waals surface area contributed by atoms with Crippen molar-refractivity contribution in [3.05, 3.63) is 35.6 Å². The van der Waals surface area contributed by atoms with E-state index in [1.165, 1.54) is 44.5 Å². The number of aliphatic carboxylic acids is 1. The van der Waals surface area contributed by atoms with Crippen molar-refractivity contribution in [1.29, 1.82) is 0 Å². The summed E-state index contributed by atoms with van der Waals surface area (Å²) in [5, 5.41) is 7.12. The van der Waals surface area contributed by atoms with E-state index in [2.05, 4.69) is 11.8 Å². The van der Waals surface area contributed by atoms with Gasteiger partial charge in [-0.2, -0.15) is 13.2 Å². The van der Waals surface area contributed by atoms with Gasteiger partial charge in [0.15, 0.2) is 0 Å². The molecule has 1 N–H and O–H groups in total. The quantitative estimate of drug-likeness (QED) is 0.656. The van der Waals surface area contributed by atoms with Crippen molar-refractivity contribution in [3.8, 4) is 0 Å². The minimum absolute atomic E-state index is 0.0663. The molecule has 1 aromatic carbocycles. The van der Waals surface area contributed by atoms with Gasteiger partial charge in [0.25, 0.3) is 0 Å². The van der Waals surface area contributed by atoms with Crippen LogP contribution in [-0.2, 0) is 20.7 Å². The largest absolute Gasteiger partial charge is 0.490 e. The molecule has 6 nitrogen and oxygen atoms in total. The van der Waals surface area contributed by atoms with Gasteiger partial charge in [-0.1, -0.05) is 18.6 Å². The lowest BCUT2D eigenvalue weighted by Crippen LogP contribution is -2.44. The van der Waals surface area contributed by atoms with Crippen LogP contribution in [0, 0.1) is 11.7 Å². The number of hydrogen-bond donors (Lipinski definition) is 1. The van der Waals surface area contributed by atoms with E-state index in [1.807, 2.05) is 11.0 Å². The Morgan fingerprint density at radius 1 is 1.15 bits per heavy atom. The number of carboxylic acid groups (broad SMARTS) is 1. The van der Waals surface area contributed by atoms with E-state index in [-0.39, 0.29) is 24.2 Å². The molecule has 1 amide bonds. The van der Waals surface area contributed by atoms with E-state index < -0.39 is 12.1 Å². The van der Waals surface area contributed by atoms with E-state index in [1.54, 1.807) is 6.07 Å². The number of benzene rings is 1. The molecule has 0 aromatic heterocycles. The number of ether oxygens (including phenoxy) is 1. The molecule has 0 bridgehead atoms.